The van der Waals surface area contributed by atoms with Crippen molar-refractivity contribution in [2.24, 2.45) is 11.7 Å². The average molecular weight is 420 g/mol. The quantitative estimate of drug-likeness (QED) is 0.697. The van der Waals surface area contributed by atoms with Gasteiger partial charge in [-0.2, -0.15) is 0 Å². The third-order valence-electron chi connectivity index (χ3n) is 6.23. The summed E-state index contributed by atoms with van der Waals surface area (Å²) in [5.74, 6) is 0.185. The van der Waals surface area contributed by atoms with Crippen LogP contribution in [0.5, 0.6) is 0 Å². The highest BCUT2D eigenvalue weighted by atomic mass is 16.5. The van der Waals surface area contributed by atoms with Gasteiger partial charge in [0.15, 0.2) is 0 Å². The standard InChI is InChI=1S/C25H30N4O2/c1-3-29-22-10-9-19(21(17-26)25(27-2)18-7-5-4-6-8-18)15-20(22)23(16-24(29)30)28-11-13-31-14-12-28/h4-10,16-17,20H,3,11-15,26H2,1-2H3/p+1. The van der Waals surface area contributed by atoms with Crippen molar-refractivity contribution in [3.63, 3.8) is 0 Å². The number of hydrogen-bond acceptors (Lipinski definition) is 4. The van der Waals surface area contributed by atoms with Gasteiger partial charge in [-0.3, -0.25) is 4.79 Å². The Morgan fingerprint density at radius 1 is 1.19 bits per heavy atom. The Hall–Kier alpha value is -3.12. The van der Waals surface area contributed by atoms with Crippen molar-refractivity contribution in [3.05, 3.63) is 82.9 Å². The summed E-state index contributed by atoms with van der Waals surface area (Å²) in [6.07, 6.45) is 8.52. The number of nitrogens with zero attached hydrogens (tertiary/aromatic N) is 2. The predicted molar refractivity (Wildman–Crippen MR) is 122 cm³/mol. The summed E-state index contributed by atoms with van der Waals surface area (Å²) in [5.41, 5.74) is 12.6. The second kappa shape index (κ2) is 9.35. The van der Waals surface area contributed by atoms with Gasteiger partial charge in [-0.15, -0.1) is 0 Å². The second-order valence-corrected chi connectivity index (χ2v) is 7.86. The normalized spacial score (nSPS) is 22.6. The van der Waals surface area contributed by atoms with E-state index in [0.29, 0.717) is 19.8 Å². The molecule has 1 saturated heterocycles. The zero-order valence-corrected chi connectivity index (χ0v) is 18.3. The largest absolute Gasteiger partial charge is 0.404 e. The lowest BCUT2D eigenvalue weighted by atomic mass is 9.80. The van der Waals surface area contributed by atoms with Crippen LogP contribution in [0.1, 0.15) is 18.9 Å². The smallest absolute Gasteiger partial charge is 0.252 e. The van der Waals surface area contributed by atoms with Crippen LogP contribution in [-0.4, -0.2) is 61.3 Å². The number of nitrogens with one attached hydrogen (secondary N) is 1. The Morgan fingerprint density at radius 3 is 2.58 bits per heavy atom. The third-order valence-corrected chi connectivity index (χ3v) is 6.23. The Balaban J connectivity index is 1.71. The monoisotopic (exact) mass is 419 g/mol. The van der Waals surface area contributed by atoms with Crippen LogP contribution in [0.3, 0.4) is 0 Å². The van der Waals surface area contributed by atoms with Gasteiger partial charge in [0.25, 0.3) is 5.91 Å². The Kier molecular flexibility index (Phi) is 6.37. The van der Waals surface area contributed by atoms with Crippen molar-refractivity contribution in [1.29, 1.82) is 0 Å². The number of carbonyl (C=O) groups is 1. The molecule has 31 heavy (non-hydrogen) atoms. The van der Waals surface area contributed by atoms with Gasteiger partial charge in [-0.1, -0.05) is 24.3 Å². The molecule has 0 bridgehead atoms. The molecule has 0 radical (unpaired) electrons. The molecule has 6 nitrogen and oxygen atoms in total. The van der Waals surface area contributed by atoms with E-state index in [1.54, 1.807) is 6.20 Å². The zero-order valence-electron chi connectivity index (χ0n) is 18.3. The summed E-state index contributed by atoms with van der Waals surface area (Å²) in [6, 6.07) is 10.2. The van der Waals surface area contributed by atoms with E-state index in [1.165, 1.54) is 0 Å². The number of amides is 1. The molecular weight excluding hydrogens is 388 g/mol. The number of rotatable bonds is 5. The first-order valence-corrected chi connectivity index (χ1v) is 11.0. The van der Waals surface area contributed by atoms with Crippen molar-refractivity contribution < 1.29 is 14.5 Å². The van der Waals surface area contributed by atoms with E-state index in [1.807, 2.05) is 43.1 Å². The number of benzene rings is 1. The van der Waals surface area contributed by atoms with E-state index in [2.05, 4.69) is 34.2 Å². The van der Waals surface area contributed by atoms with Crippen LogP contribution in [0, 0.1) is 5.92 Å². The van der Waals surface area contributed by atoms with Crippen LogP contribution in [0.2, 0.25) is 0 Å². The van der Waals surface area contributed by atoms with Crippen molar-refractivity contribution >= 4 is 11.6 Å². The molecule has 2 heterocycles. The van der Waals surface area contributed by atoms with Gasteiger partial charge in [-0.25, -0.2) is 4.99 Å². The van der Waals surface area contributed by atoms with Crippen molar-refractivity contribution in [2.45, 2.75) is 13.3 Å². The van der Waals surface area contributed by atoms with Gasteiger partial charge in [0.2, 0.25) is 5.71 Å². The Morgan fingerprint density at radius 2 is 1.94 bits per heavy atom. The minimum absolute atomic E-state index is 0.0599. The molecule has 1 aliphatic carbocycles. The van der Waals surface area contributed by atoms with E-state index in [0.717, 1.165) is 53.3 Å². The van der Waals surface area contributed by atoms with E-state index >= 15 is 0 Å². The molecule has 1 atom stereocenters. The lowest BCUT2D eigenvalue weighted by molar-refractivity contribution is -0.418. The van der Waals surface area contributed by atoms with Crippen molar-refractivity contribution in [3.8, 4) is 0 Å². The highest BCUT2D eigenvalue weighted by Crippen LogP contribution is 2.40. The molecule has 3 aliphatic rings. The SMILES string of the molecule is CCN1C(=O)C=C(N2CCOCC2)C2CC(C(=CN)C(=[NH+]C)c3ccccc3)=CC=C21. The number of fused-ring (bicyclic) bond motifs is 1. The summed E-state index contributed by atoms with van der Waals surface area (Å²) < 4.78 is 5.54. The number of ether oxygens (including phenoxy) is 1. The number of hydrogen-bond donors (Lipinski definition) is 2. The van der Waals surface area contributed by atoms with Gasteiger partial charge in [0.05, 0.1) is 18.8 Å². The molecule has 1 amide bonds. The van der Waals surface area contributed by atoms with Crippen LogP contribution >= 0.6 is 0 Å². The molecular formula is C25H31N4O2+. The van der Waals surface area contributed by atoms with E-state index in [9.17, 15) is 4.79 Å². The zero-order chi connectivity index (χ0) is 21.8. The summed E-state index contributed by atoms with van der Waals surface area (Å²) in [5, 5.41) is 0. The number of nitrogens with two attached hydrogens (primary N) is 1. The minimum atomic E-state index is 0.0599. The van der Waals surface area contributed by atoms with Crippen molar-refractivity contribution in [2.75, 3.05) is 39.9 Å². The fourth-order valence-electron chi connectivity index (χ4n) is 4.72. The second-order valence-electron chi connectivity index (χ2n) is 7.86. The van der Waals surface area contributed by atoms with Gasteiger partial charge >= 0.3 is 0 Å². The van der Waals surface area contributed by atoms with E-state index in [-0.39, 0.29) is 11.8 Å². The van der Waals surface area contributed by atoms with Crippen LogP contribution < -0.4 is 10.7 Å². The summed E-state index contributed by atoms with van der Waals surface area (Å²) in [6.45, 7) is 5.69. The topological polar surface area (TPSA) is 72.8 Å². The fraction of sp³-hybridized carbons (Fsp3) is 0.360. The maximum absolute atomic E-state index is 12.8. The number of allylic oxidation sites excluding steroid dienone is 4. The molecule has 4 rings (SSSR count). The Labute approximate surface area is 184 Å². The third kappa shape index (κ3) is 4.08. The molecule has 3 N–H and O–H groups in total. The van der Waals surface area contributed by atoms with Crippen LogP contribution in [0.15, 0.2) is 77.3 Å². The fourth-order valence-corrected chi connectivity index (χ4v) is 4.72. The lowest BCUT2D eigenvalue weighted by Gasteiger charge is -2.42. The summed E-state index contributed by atoms with van der Waals surface area (Å²) in [4.78, 5) is 20.4. The summed E-state index contributed by atoms with van der Waals surface area (Å²) in [7, 11) is 1.92. The molecule has 6 heteroatoms. The van der Waals surface area contributed by atoms with Crippen LogP contribution in [0.25, 0.3) is 0 Å². The lowest BCUT2D eigenvalue weighted by Crippen LogP contribution is -2.68. The van der Waals surface area contributed by atoms with E-state index in [4.69, 9.17) is 10.5 Å². The van der Waals surface area contributed by atoms with Crippen LogP contribution in [-0.2, 0) is 9.53 Å². The molecule has 162 valence electrons. The molecule has 0 spiro atoms. The van der Waals surface area contributed by atoms with Gasteiger partial charge < -0.3 is 20.3 Å². The number of morpholine rings is 1. The molecule has 0 aromatic heterocycles. The first-order valence-electron chi connectivity index (χ1n) is 11.0. The summed E-state index contributed by atoms with van der Waals surface area (Å²) >= 11 is 0. The highest BCUT2D eigenvalue weighted by molar-refractivity contribution is 6.11. The highest BCUT2D eigenvalue weighted by Gasteiger charge is 2.37. The number of likely N-dealkylation sites (N-methyl/N-ethyl adjacent to an activating group) is 1. The maximum Gasteiger partial charge on any atom is 0.252 e. The maximum atomic E-state index is 12.8. The van der Waals surface area contributed by atoms with Gasteiger partial charge in [0, 0.05) is 54.8 Å². The first-order chi connectivity index (χ1) is 15.2. The van der Waals surface area contributed by atoms with Gasteiger partial charge in [0.1, 0.15) is 7.05 Å². The van der Waals surface area contributed by atoms with Gasteiger partial charge in [-0.05, 0) is 37.1 Å². The molecule has 0 saturated carbocycles. The molecule has 1 aromatic rings. The van der Waals surface area contributed by atoms with Crippen molar-refractivity contribution in [1.82, 2.24) is 9.80 Å². The molecule has 1 unspecified atom stereocenters. The van der Waals surface area contributed by atoms with E-state index < -0.39 is 0 Å². The molecule has 1 aromatic carbocycles. The Bertz CT molecular complexity index is 982. The average Bonchev–Trinajstić information content (AvgIpc) is 2.83. The predicted octanol–water partition coefficient (Wildman–Crippen LogP) is 0.937. The first kappa shape index (κ1) is 21.1. The van der Waals surface area contributed by atoms with Crippen LogP contribution in [0.4, 0.5) is 0 Å². The molecule has 1 fully saturated rings. The molecule has 2 aliphatic heterocycles. The minimum Gasteiger partial charge on any atom is -0.404 e. The number of carbonyl (C=O) groups excluding carboxylic acids is 1.